The van der Waals surface area contributed by atoms with E-state index in [-0.39, 0.29) is 17.6 Å². The van der Waals surface area contributed by atoms with E-state index in [1.807, 2.05) is 41.7 Å². The van der Waals surface area contributed by atoms with Gasteiger partial charge in [0, 0.05) is 19.1 Å². The van der Waals surface area contributed by atoms with Crippen LogP contribution >= 0.6 is 22.9 Å². The van der Waals surface area contributed by atoms with Crippen molar-refractivity contribution < 1.29 is 9.18 Å². The zero-order chi connectivity index (χ0) is 18.0. The molecule has 0 radical (unpaired) electrons. The molecule has 1 aromatic heterocycles. The second-order valence-corrected chi connectivity index (χ2v) is 7.69. The molecular weight excluding hydrogens is 440 g/mol. The standard InChI is InChI=1S/C16H17FIN5O2/c1-7-4-9-11-13(12(7)17)19-15(24)10-6-21(3)8(2)5-22(10)14(11)20-16(25)23(9)18/h4,8,10H,5-6H2,1-3H3,(H,19,24). The molecule has 0 bridgehead atoms. The van der Waals surface area contributed by atoms with Gasteiger partial charge in [-0.05, 0) is 32.5 Å². The summed E-state index contributed by atoms with van der Waals surface area (Å²) in [6.07, 6.45) is 0. The third-order valence-electron chi connectivity index (χ3n) is 5.10. The minimum Gasteiger partial charge on any atom is -0.341 e. The third kappa shape index (κ3) is 2.35. The molecule has 25 heavy (non-hydrogen) atoms. The van der Waals surface area contributed by atoms with E-state index in [9.17, 15) is 14.0 Å². The van der Waals surface area contributed by atoms with Crippen molar-refractivity contribution in [3.63, 3.8) is 0 Å². The molecule has 132 valence electrons. The van der Waals surface area contributed by atoms with Crippen LogP contribution in [-0.4, -0.2) is 50.8 Å². The number of likely N-dealkylation sites (N-methyl/N-ethyl adjacent to an activating group) is 1. The SMILES string of the molecule is Cc1cc2c3c(nc(=O)n2I)N2CC(C)N(C)CC2C(=O)Nc3c1F. The van der Waals surface area contributed by atoms with Gasteiger partial charge >= 0.3 is 5.69 Å². The number of piperazine rings is 1. The number of carbonyl (C=O) groups excluding carboxylic acids is 1. The Morgan fingerprint density at radius 3 is 2.80 bits per heavy atom. The molecule has 1 aromatic carbocycles. The normalized spacial score (nSPS) is 23.4. The van der Waals surface area contributed by atoms with Gasteiger partial charge in [-0.25, -0.2) is 12.0 Å². The summed E-state index contributed by atoms with van der Waals surface area (Å²) >= 11 is 1.86. The maximum absolute atomic E-state index is 14.8. The molecule has 2 aliphatic heterocycles. The number of amides is 1. The largest absolute Gasteiger partial charge is 0.359 e. The van der Waals surface area contributed by atoms with Crippen molar-refractivity contribution in [3.05, 3.63) is 27.9 Å². The average Bonchev–Trinajstić information content (AvgIpc) is 2.67. The fraction of sp³-hybridized carbons (Fsp3) is 0.438. The summed E-state index contributed by atoms with van der Waals surface area (Å²) < 4.78 is 16.2. The van der Waals surface area contributed by atoms with Gasteiger partial charge in [0.25, 0.3) is 0 Å². The lowest BCUT2D eigenvalue weighted by atomic mass is 10.1. The van der Waals surface area contributed by atoms with Crippen molar-refractivity contribution in [1.82, 2.24) is 12.7 Å². The number of benzene rings is 1. The lowest BCUT2D eigenvalue weighted by Crippen LogP contribution is -2.60. The first-order valence-corrected chi connectivity index (χ1v) is 8.96. The molecule has 2 aromatic rings. The number of carbonyl (C=O) groups is 1. The fourth-order valence-electron chi connectivity index (χ4n) is 3.54. The van der Waals surface area contributed by atoms with E-state index in [0.29, 0.717) is 35.4 Å². The van der Waals surface area contributed by atoms with E-state index in [2.05, 4.69) is 15.2 Å². The smallest absolute Gasteiger partial charge is 0.341 e. The molecular formula is C16H17FIN5O2. The molecule has 3 heterocycles. The Morgan fingerprint density at radius 1 is 1.36 bits per heavy atom. The maximum Gasteiger partial charge on any atom is 0.359 e. The Kier molecular flexibility index (Phi) is 3.76. The summed E-state index contributed by atoms with van der Waals surface area (Å²) in [7, 11) is 1.95. The molecule has 0 saturated carbocycles. The third-order valence-corrected chi connectivity index (χ3v) is 6.04. The average molecular weight is 457 g/mol. The van der Waals surface area contributed by atoms with Gasteiger partial charge in [0.2, 0.25) is 5.91 Å². The van der Waals surface area contributed by atoms with Gasteiger partial charge in [0.1, 0.15) is 11.9 Å². The van der Waals surface area contributed by atoms with Crippen LogP contribution in [0.4, 0.5) is 15.9 Å². The molecule has 4 rings (SSSR count). The van der Waals surface area contributed by atoms with E-state index in [0.717, 1.165) is 0 Å². The van der Waals surface area contributed by atoms with Crippen LogP contribution in [0.3, 0.4) is 0 Å². The summed E-state index contributed by atoms with van der Waals surface area (Å²) in [6, 6.07) is 1.28. The zero-order valence-electron chi connectivity index (χ0n) is 14.0. The molecule has 1 N–H and O–H groups in total. The number of nitrogens with zero attached hydrogens (tertiary/aromatic N) is 4. The van der Waals surface area contributed by atoms with E-state index in [1.54, 1.807) is 13.0 Å². The van der Waals surface area contributed by atoms with Crippen molar-refractivity contribution >= 4 is 51.2 Å². The van der Waals surface area contributed by atoms with Gasteiger partial charge in [0.15, 0.2) is 5.82 Å². The molecule has 9 heteroatoms. The molecule has 1 saturated heterocycles. The van der Waals surface area contributed by atoms with E-state index < -0.39 is 17.5 Å². The van der Waals surface area contributed by atoms with Gasteiger partial charge in [-0.1, -0.05) is 0 Å². The van der Waals surface area contributed by atoms with Gasteiger partial charge in [0.05, 0.1) is 39.5 Å². The van der Waals surface area contributed by atoms with Crippen molar-refractivity contribution in [2.75, 3.05) is 30.4 Å². The fourth-order valence-corrected chi connectivity index (χ4v) is 4.03. The van der Waals surface area contributed by atoms with Crippen molar-refractivity contribution in [2.45, 2.75) is 25.9 Å². The lowest BCUT2D eigenvalue weighted by molar-refractivity contribution is -0.118. The first-order chi connectivity index (χ1) is 11.8. The van der Waals surface area contributed by atoms with E-state index >= 15 is 0 Å². The number of fused-ring (bicyclic) bond motifs is 2. The molecule has 0 spiro atoms. The quantitative estimate of drug-likeness (QED) is 0.608. The Hall–Kier alpha value is -1.75. The molecule has 2 atom stereocenters. The number of halogens is 2. The number of hydrogen-bond acceptors (Lipinski definition) is 5. The number of rotatable bonds is 0. The summed E-state index contributed by atoms with van der Waals surface area (Å²) in [5, 5.41) is 3.21. The first kappa shape index (κ1) is 16.7. The summed E-state index contributed by atoms with van der Waals surface area (Å²) in [6.45, 7) is 4.69. The second-order valence-electron chi connectivity index (χ2n) is 6.72. The van der Waals surface area contributed by atoms with Crippen molar-refractivity contribution in [3.8, 4) is 0 Å². The highest BCUT2D eigenvalue weighted by atomic mass is 127. The van der Waals surface area contributed by atoms with Crippen LogP contribution in [0.1, 0.15) is 12.5 Å². The van der Waals surface area contributed by atoms with Crippen LogP contribution in [-0.2, 0) is 4.79 Å². The number of hydrogen-bond donors (Lipinski definition) is 1. The molecule has 2 aliphatic rings. The van der Waals surface area contributed by atoms with Crippen LogP contribution < -0.4 is 15.9 Å². The molecule has 1 amide bonds. The highest BCUT2D eigenvalue weighted by molar-refractivity contribution is 14.1. The Labute approximate surface area is 157 Å². The number of aromatic nitrogens is 2. The van der Waals surface area contributed by atoms with Crippen LogP contribution in [0.5, 0.6) is 0 Å². The first-order valence-electron chi connectivity index (χ1n) is 7.99. The number of aryl methyl sites for hydroxylation is 1. The van der Waals surface area contributed by atoms with Crippen molar-refractivity contribution in [1.29, 1.82) is 0 Å². The summed E-state index contributed by atoms with van der Waals surface area (Å²) in [4.78, 5) is 33.3. The Balaban J connectivity index is 2.09. The Bertz CT molecular complexity index is 975. The van der Waals surface area contributed by atoms with Crippen LogP contribution in [0.25, 0.3) is 10.9 Å². The molecule has 2 unspecified atom stereocenters. The topological polar surface area (TPSA) is 70.5 Å². The van der Waals surface area contributed by atoms with Crippen LogP contribution in [0, 0.1) is 12.7 Å². The molecule has 0 aliphatic carbocycles. The van der Waals surface area contributed by atoms with Gasteiger partial charge in [-0.3, -0.25) is 9.69 Å². The van der Waals surface area contributed by atoms with Gasteiger partial charge in [-0.2, -0.15) is 4.98 Å². The van der Waals surface area contributed by atoms with Crippen LogP contribution in [0.2, 0.25) is 0 Å². The number of nitrogens with one attached hydrogen (secondary N) is 1. The van der Waals surface area contributed by atoms with Gasteiger partial charge in [-0.15, -0.1) is 0 Å². The lowest BCUT2D eigenvalue weighted by Gasteiger charge is -2.42. The van der Waals surface area contributed by atoms with Crippen molar-refractivity contribution in [2.24, 2.45) is 0 Å². The van der Waals surface area contributed by atoms with E-state index in [4.69, 9.17) is 0 Å². The monoisotopic (exact) mass is 457 g/mol. The molecule has 1 fully saturated rings. The van der Waals surface area contributed by atoms with E-state index in [1.165, 1.54) is 2.78 Å². The van der Waals surface area contributed by atoms with Crippen LogP contribution in [0.15, 0.2) is 10.9 Å². The highest BCUT2D eigenvalue weighted by Gasteiger charge is 2.40. The predicted octanol–water partition coefficient (Wildman–Crippen LogP) is 1.50. The highest BCUT2D eigenvalue weighted by Crippen LogP contribution is 2.39. The minimum atomic E-state index is -0.520. The minimum absolute atomic E-state index is 0.109. The second kappa shape index (κ2) is 5.63. The number of anilines is 2. The van der Waals surface area contributed by atoms with Gasteiger partial charge < -0.3 is 10.2 Å². The molecule has 7 nitrogen and oxygen atoms in total. The zero-order valence-corrected chi connectivity index (χ0v) is 16.2. The predicted molar refractivity (Wildman–Crippen MR) is 102 cm³/mol. The summed E-state index contributed by atoms with van der Waals surface area (Å²) in [5.41, 5.74) is 0.601. The Morgan fingerprint density at radius 2 is 2.08 bits per heavy atom. The maximum atomic E-state index is 14.8. The summed E-state index contributed by atoms with van der Waals surface area (Å²) in [5.74, 6) is -0.389.